The summed E-state index contributed by atoms with van der Waals surface area (Å²) in [6.07, 6.45) is 5.80. The minimum Gasteiger partial charge on any atom is -0.467 e. The van der Waals surface area contributed by atoms with E-state index in [2.05, 4.69) is 52.0 Å². The average Bonchev–Trinajstić information content (AvgIpc) is 3.28. The molecule has 7 rings (SSSR count). The van der Waals surface area contributed by atoms with Gasteiger partial charge in [-0.3, -0.25) is 9.69 Å². The molecule has 11 nitrogen and oxygen atoms in total. The van der Waals surface area contributed by atoms with Crippen molar-refractivity contribution in [2.75, 3.05) is 13.7 Å². The van der Waals surface area contributed by atoms with Crippen LogP contribution in [0.2, 0.25) is 0 Å². The van der Waals surface area contributed by atoms with E-state index in [4.69, 9.17) is 14.2 Å². The second kappa shape index (κ2) is 20.4. The van der Waals surface area contributed by atoms with Crippen molar-refractivity contribution < 1.29 is 33.7 Å². The van der Waals surface area contributed by atoms with Gasteiger partial charge in [-0.25, -0.2) is 9.59 Å². The summed E-state index contributed by atoms with van der Waals surface area (Å²) in [6.45, 7) is 9.18. The van der Waals surface area contributed by atoms with Crippen LogP contribution in [0, 0.1) is 11.8 Å². The maximum absolute atomic E-state index is 13.9. The van der Waals surface area contributed by atoms with E-state index in [9.17, 15) is 19.5 Å². The molecule has 11 heteroatoms. The summed E-state index contributed by atoms with van der Waals surface area (Å²) >= 11 is 0. The van der Waals surface area contributed by atoms with Crippen LogP contribution >= 0.6 is 0 Å². The third-order valence-corrected chi connectivity index (χ3v) is 12.8. The number of fused-ring (bicyclic) bond motifs is 1. The topological polar surface area (TPSA) is 138 Å². The standard InChI is InChI=1S/C51H64N4O7/c1-33-45(31-55-43-17-10-9-15-38(43)26-27-44(55)47(57)54-51(2,3)4)61-49(62-46(33)39-20-18-35(32-56)19-21-39)40-24-22-37(23-25-40)41-16-11-14-36(28-41)30-52-50(59)53-42(48(58)60-5)29-34-12-7-6-8-13-34/h6-8,11-14,16,18-25,28,33,38,42-46,49,56H,9-10,15,17,26-27,29-32H2,1-5H3,(H,54,57)(H2,52,53,59)/t33-,38+,42-,43+,44+,45+,46+,49+/m0/s1. The molecule has 2 heterocycles. The average molecular weight is 845 g/mol. The highest BCUT2D eigenvalue weighted by molar-refractivity contribution is 5.84. The van der Waals surface area contributed by atoms with E-state index >= 15 is 0 Å². The molecule has 3 fully saturated rings. The number of methoxy groups -OCH3 is 1. The minimum atomic E-state index is -0.823. The van der Waals surface area contributed by atoms with Gasteiger partial charge in [0.2, 0.25) is 5.91 Å². The highest BCUT2D eigenvalue weighted by atomic mass is 16.7. The molecule has 0 radical (unpaired) electrons. The van der Waals surface area contributed by atoms with Gasteiger partial charge < -0.3 is 35.3 Å². The number of urea groups is 1. The highest BCUT2D eigenvalue weighted by Crippen LogP contribution is 2.44. The molecule has 330 valence electrons. The number of hydrogen-bond donors (Lipinski definition) is 4. The maximum atomic E-state index is 13.9. The van der Waals surface area contributed by atoms with Crippen LogP contribution in [0.25, 0.3) is 11.1 Å². The summed E-state index contributed by atoms with van der Waals surface area (Å²) in [5.41, 5.74) is 6.23. The molecule has 4 N–H and O–H groups in total. The van der Waals surface area contributed by atoms with Gasteiger partial charge in [-0.1, -0.05) is 117 Å². The van der Waals surface area contributed by atoms with Crippen LogP contribution in [0.3, 0.4) is 0 Å². The predicted octanol–water partition coefficient (Wildman–Crippen LogP) is 8.16. The number of rotatable bonds is 13. The largest absolute Gasteiger partial charge is 0.467 e. The first-order valence-corrected chi connectivity index (χ1v) is 22.3. The number of hydrogen-bond acceptors (Lipinski definition) is 8. The van der Waals surface area contributed by atoms with Crippen LogP contribution in [0.5, 0.6) is 0 Å². The first kappa shape index (κ1) is 45.0. The number of carbonyl (C=O) groups excluding carboxylic acids is 3. The number of aliphatic hydroxyl groups is 1. The van der Waals surface area contributed by atoms with Crippen molar-refractivity contribution in [3.05, 3.63) is 131 Å². The van der Waals surface area contributed by atoms with Gasteiger partial charge in [0.15, 0.2) is 6.29 Å². The molecule has 3 amide bonds. The zero-order valence-electron chi connectivity index (χ0n) is 36.8. The third kappa shape index (κ3) is 11.3. The van der Waals surface area contributed by atoms with Gasteiger partial charge in [0, 0.05) is 42.6 Å². The number of amides is 3. The lowest BCUT2D eigenvalue weighted by Gasteiger charge is -2.51. The van der Waals surface area contributed by atoms with Crippen molar-refractivity contribution in [3.8, 4) is 11.1 Å². The van der Waals surface area contributed by atoms with Crippen LogP contribution in [-0.2, 0) is 43.4 Å². The fourth-order valence-corrected chi connectivity index (χ4v) is 9.53. The molecule has 0 spiro atoms. The molecule has 4 aromatic rings. The molecular formula is C51H64N4O7. The molecule has 1 saturated carbocycles. The van der Waals surface area contributed by atoms with E-state index in [0.717, 1.165) is 58.2 Å². The SMILES string of the molecule is COC(=O)[C@H](Cc1ccccc1)NC(=O)NCc1cccc(-c2ccc([C@@H]3O[C@H](CN4[C@@H](C(=O)NC(C)(C)C)CC[C@H]5CCCC[C@H]54)[C@H](C)[C@H](c4ccc(CO)cc4)O3)cc2)c1. The van der Waals surface area contributed by atoms with Crippen molar-refractivity contribution in [1.82, 2.24) is 20.9 Å². The smallest absolute Gasteiger partial charge is 0.328 e. The molecule has 2 aliphatic heterocycles. The fourth-order valence-electron chi connectivity index (χ4n) is 9.53. The Labute approximate surface area is 366 Å². The summed E-state index contributed by atoms with van der Waals surface area (Å²) in [7, 11) is 1.31. The minimum absolute atomic E-state index is 0.0190. The Hall–Kier alpha value is -5.07. The zero-order chi connectivity index (χ0) is 43.8. The third-order valence-electron chi connectivity index (χ3n) is 12.8. The molecule has 1 aliphatic carbocycles. The van der Waals surface area contributed by atoms with Gasteiger partial charge in [0.25, 0.3) is 0 Å². The van der Waals surface area contributed by atoms with Gasteiger partial charge in [-0.05, 0) is 91.8 Å². The summed E-state index contributed by atoms with van der Waals surface area (Å²) < 4.78 is 18.8. The Balaban J connectivity index is 1.07. The van der Waals surface area contributed by atoms with Crippen LogP contribution in [0.15, 0.2) is 103 Å². The number of likely N-dealkylation sites (tertiary alicyclic amines) is 1. The molecule has 0 bridgehead atoms. The molecule has 2 saturated heterocycles. The summed E-state index contributed by atoms with van der Waals surface area (Å²) in [5.74, 6) is 0.149. The van der Waals surface area contributed by atoms with E-state index in [1.807, 2.05) is 99.6 Å². The summed E-state index contributed by atoms with van der Waals surface area (Å²) in [4.78, 5) is 41.9. The Bertz CT molecular complexity index is 2110. The van der Waals surface area contributed by atoms with Crippen LogP contribution in [0.1, 0.15) is 106 Å². The van der Waals surface area contributed by atoms with Crippen molar-refractivity contribution >= 4 is 17.9 Å². The summed E-state index contributed by atoms with van der Waals surface area (Å²) in [5, 5.41) is 18.7. The van der Waals surface area contributed by atoms with Crippen molar-refractivity contribution in [2.24, 2.45) is 11.8 Å². The second-order valence-corrected chi connectivity index (χ2v) is 18.4. The Morgan fingerprint density at radius 1 is 0.806 bits per heavy atom. The lowest BCUT2D eigenvalue weighted by atomic mass is 9.75. The molecular weight excluding hydrogens is 781 g/mol. The predicted molar refractivity (Wildman–Crippen MR) is 240 cm³/mol. The highest BCUT2D eigenvalue weighted by Gasteiger charge is 2.46. The normalized spacial score (nSPS) is 24.6. The maximum Gasteiger partial charge on any atom is 0.328 e. The molecule has 4 aromatic carbocycles. The van der Waals surface area contributed by atoms with Gasteiger partial charge in [-0.2, -0.15) is 0 Å². The first-order chi connectivity index (χ1) is 29.9. The number of nitrogens with zero attached hydrogens (tertiary/aromatic N) is 1. The number of carbonyl (C=O) groups is 3. The molecule has 0 unspecified atom stereocenters. The van der Waals surface area contributed by atoms with Crippen molar-refractivity contribution in [1.29, 1.82) is 0 Å². The van der Waals surface area contributed by atoms with E-state index < -0.39 is 24.3 Å². The number of aliphatic hydroxyl groups excluding tert-OH is 1. The molecule has 3 aliphatic rings. The Morgan fingerprint density at radius 2 is 1.52 bits per heavy atom. The van der Waals surface area contributed by atoms with Crippen LogP contribution in [-0.4, -0.2) is 71.3 Å². The molecule has 62 heavy (non-hydrogen) atoms. The number of ether oxygens (including phenoxy) is 3. The number of benzene rings is 4. The number of piperidine rings is 1. The monoisotopic (exact) mass is 844 g/mol. The Kier molecular flexibility index (Phi) is 14.8. The summed E-state index contributed by atoms with van der Waals surface area (Å²) in [6, 6.07) is 32.5. The number of esters is 1. The fraction of sp³-hybridized carbons (Fsp3) is 0.471. The lowest BCUT2D eigenvalue weighted by molar-refractivity contribution is -0.278. The quantitative estimate of drug-likeness (QED) is 0.0990. The van der Waals surface area contributed by atoms with Crippen molar-refractivity contribution in [2.45, 2.75) is 128 Å². The lowest BCUT2D eigenvalue weighted by Crippen LogP contribution is -2.61. The van der Waals surface area contributed by atoms with E-state index in [0.29, 0.717) is 24.9 Å². The van der Waals surface area contributed by atoms with E-state index in [1.54, 1.807) is 0 Å². The van der Waals surface area contributed by atoms with Gasteiger partial charge in [-0.15, -0.1) is 0 Å². The first-order valence-electron chi connectivity index (χ1n) is 22.3. The van der Waals surface area contributed by atoms with E-state index in [-0.39, 0.29) is 48.8 Å². The Morgan fingerprint density at radius 3 is 2.23 bits per heavy atom. The van der Waals surface area contributed by atoms with Gasteiger partial charge in [0.1, 0.15) is 6.04 Å². The van der Waals surface area contributed by atoms with Crippen LogP contribution < -0.4 is 16.0 Å². The van der Waals surface area contributed by atoms with Crippen molar-refractivity contribution in [3.63, 3.8) is 0 Å². The van der Waals surface area contributed by atoms with Gasteiger partial charge in [0.05, 0.1) is 32.0 Å². The molecule has 0 aromatic heterocycles. The zero-order valence-corrected chi connectivity index (χ0v) is 36.8. The van der Waals surface area contributed by atoms with Crippen LogP contribution in [0.4, 0.5) is 4.79 Å². The van der Waals surface area contributed by atoms with Gasteiger partial charge >= 0.3 is 12.0 Å². The molecule has 8 atom stereocenters. The number of nitrogens with one attached hydrogen (secondary N) is 3. The second-order valence-electron chi connectivity index (χ2n) is 18.4. The van der Waals surface area contributed by atoms with E-state index in [1.165, 1.54) is 26.4 Å².